The van der Waals surface area contributed by atoms with Gasteiger partial charge in [-0.3, -0.25) is 0 Å². The van der Waals surface area contributed by atoms with Crippen LogP contribution >= 0.6 is 0 Å². The maximum Gasteiger partial charge on any atom is 0.0700 e. The topological polar surface area (TPSA) is 36.9 Å². The van der Waals surface area contributed by atoms with Crippen molar-refractivity contribution < 1.29 is 18.9 Å². The molecule has 2 aromatic carbocycles. The molecule has 0 N–H and O–H groups in total. The summed E-state index contributed by atoms with van der Waals surface area (Å²) in [5, 5.41) is 0. The van der Waals surface area contributed by atoms with E-state index in [1.807, 2.05) is 6.92 Å². The van der Waals surface area contributed by atoms with E-state index in [0.717, 1.165) is 32.7 Å². The molecule has 1 spiro atoms. The van der Waals surface area contributed by atoms with Crippen LogP contribution in [-0.4, -0.2) is 53.4 Å². The monoisotopic (exact) mass is 438 g/mol. The maximum atomic E-state index is 6.20. The molecule has 0 bridgehead atoms. The highest BCUT2D eigenvalue weighted by molar-refractivity contribution is 5.82. The minimum atomic E-state index is -0.0681. The average Bonchev–Trinajstić information content (AvgIpc) is 3.28. The molecule has 2 aliphatic rings. The van der Waals surface area contributed by atoms with Gasteiger partial charge in [0.25, 0.3) is 0 Å². The van der Waals surface area contributed by atoms with Gasteiger partial charge in [-0.1, -0.05) is 47.5 Å². The molecule has 2 unspecified atom stereocenters. The lowest BCUT2D eigenvalue weighted by Gasteiger charge is -2.39. The van der Waals surface area contributed by atoms with Crippen molar-refractivity contribution in [3.63, 3.8) is 0 Å². The Hall–Kier alpha value is -1.72. The van der Waals surface area contributed by atoms with E-state index in [0.29, 0.717) is 38.3 Å². The van der Waals surface area contributed by atoms with Crippen molar-refractivity contribution in [1.82, 2.24) is 0 Å². The van der Waals surface area contributed by atoms with E-state index >= 15 is 0 Å². The van der Waals surface area contributed by atoms with Crippen molar-refractivity contribution >= 4 is 0 Å². The zero-order valence-electron chi connectivity index (χ0n) is 20.1. The van der Waals surface area contributed by atoms with Crippen molar-refractivity contribution in [2.45, 2.75) is 39.0 Å². The normalized spacial score (nSPS) is 20.6. The molecule has 4 rings (SSSR count). The lowest BCUT2D eigenvalue weighted by molar-refractivity contribution is 0.0167. The Bertz CT molecular complexity index is 855. The molecule has 174 valence electrons. The van der Waals surface area contributed by atoms with Crippen molar-refractivity contribution in [1.29, 1.82) is 0 Å². The molecule has 2 atom stereocenters. The number of fused-ring (bicyclic) bond motifs is 5. The molecule has 0 aromatic heterocycles. The Morgan fingerprint density at radius 3 is 1.75 bits per heavy atom. The minimum Gasteiger partial charge on any atom is -0.382 e. The van der Waals surface area contributed by atoms with E-state index in [4.69, 9.17) is 18.9 Å². The second-order valence-electron chi connectivity index (χ2n) is 9.28. The van der Waals surface area contributed by atoms with Crippen molar-refractivity contribution in [3.05, 3.63) is 58.7 Å². The van der Waals surface area contributed by atoms with Crippen LogP contribution in [-0.2, 0) is 24.4 Å². The van der Waals surface area contributed by atoms with Gasteiger partial charge in [-0.2, -0.15) is 0 Å². The van der Waals surface area contributed by atoms with Crippen molar-refractivity contribution in [3.8, 4) is 11.1 Å². The van der Waals surface area contributed by atoms with Gasteiger partial charge in [0, 0.05) is 19.1 Å². The molecular formula is C28H38O4. The van der Waals surface area contributed by atoms with E-state index in [1.165, 1.54) is 33.4 Å². The number of benzene rings is 2. The summed E-state index contributed by atoms with van der Waals surface area (Å²) in [7, 11) is 1.73. The summed E-state index contributed by atoms with van der Waals surface area (Å²) in [5.74, 6) is 0.840. The van der Waals surface area contributed by atoms with Gasteiger partial charge in [-0.25, -0.2) is 0 Å². The molecule has 0 saturated heterocycles. The highest BCUT2D eigenvalue weighted by Gasteiger charge is 2.56. The van der Waals surface area contributed by atoms with Crippen LogP contribution in [0.3, 0.4) is 0 Å². The smallest absolute Gasteiger partial charge is 0.0700 e. The molecule has 4 nitrogen and oxygen atoms in total. The van der Waals surface area contributed by atoms with Gasteiger partial charge >= 0.3 is 0 Å². The molecule has 2 aliphatic carbocycles. The van der Waals surface area contributed by atoms with Crippen molar-refractivity contribution in [2.24, 2.45) is 11.8 Å². The van der Waals surface area contributed by atoms with Crippen LogP contribution in [0.15, 0.2) is 36.4 Å². The van der Waals surface area contributed by atoms with Gasteiger partial charge < -0.3 is 18.9 Å². The van der Waals surface area contributed by atoms with Gasteiger partial charge in [0.1, 0.15) is 0 Å². The highest BCUT2D eigenvalue weighted by Crippen LogP contribution is 2.62. The number of ether oxygens (including phenoxy) is 4. The van der Waals surface area contributed by atoms with Crippen LogP contribution in [0.5, 0.6) is 0 Å². The van der Waals surface area contributed by atoms with Crippen LogP contribution in [0.25, 0.3) is 11.1 Å². The molecule has 4 heteroatoms. The van der Waals surface area contributed by atoms with Gasteiger partial charge in [0.2, 0.25) is 0 Å². The summed E-state index contributed by atoms with van der Waals surface area (Å²) in [6, 6.07) is 14.0. The SMILES string of the molecule is CCOCCOCC1CCC(COCCOC)C12c1cc(C)ccc1-c1ccc(C)cc12. The highest BCUT2D eigenvalue weighted by atomic mass is 16.5. The molecule has 32 heavy (non-hydrogen) atoms. The number of rotatable bonds is 11. The largest absolute Gasteiger partial charge is 0.382 e. The second-order valence-corrected chi connectivity index (χ2v) is 9.28. The van der Waals surface area contributed by atoms with Crippen LogP contribution in [0.2, 0.25) is 0 Å². The van der Waals surface area contributed by atoms with Crippen LogP contribution in [0.1, 0.15) is 42.0 Å². The third-order valence-electron chi connectivity index (χ3n) is 7.33. The molecule has 0 heterocycles. The third kappa shape index (κ3) is 4.26. The summed E-state index contributed by atoms with van der Waals surface area (Å²) in [6.07, 6.45) is 2.29. The summed E-state index contributed by atoms with van der Waals surface area (Å²) < 4.78 is 23.1. The van der Waals surface area contributed by atoms with Crippen LogP contribution in [0, 0.1) is 25.7 Å². The number of hydrogen-bond donors (Lipinski definition) is 0. The van der Waals surface area contributed by atoms with E-state index in [2.05, 4.69) is 50.2 Å². The fourth-order valence-corrected chi connectivity index (χ4v) is 5.97. The van der Waals surface area contributed by atoms with Gasteiger partial charge in [0.15, 0.2) is 0 Å². The summed E-state index contributed by atoms with van der Waals surface area (Å²) in [4.78, 5) is 0. The van der Waals surface area contributed by atoms with E-state index in [9.17, 15) is 0 Å². The average molecular weight is 439 g/mol. The van der Waals surface area contributed by atoms with Crippen LogP contribution < -0.4 is 0 Å². The fourth-order valence-electron chi connectivity index (χ4n) is 5.97. The zero-order valence-corrected chi connectivity index (χ0v) is 20.1. The lowest BCUT2D eigenvalue weighted by Crippen LogP contribution is -2.40. The molecule has 2 aromatic rings. The fraction of sp³-hybridized carbons (Fsp3) is 0.571. The summed E-state index contributed by atoms with van der Waals surface area (Å²) in [5.41, 5.74) is 8.26. The van der Waals surface area contributed by atoms with Gasteiger partial charge in [0.05, 0.1) is 39.6 Å². The molecule has 0 amide bonds. The summed E-state index contributed by atoms with van der Waals surface area (Å²) >= 11 is 0. The Morgan fingerprint density at radius 1 is 0.750 bits per heavy atom. The zero-order chi connectivity index (χ0) is 22.6. The standard InChI is InChI=1S/C28H38O4/c1-5-30-14-15-32-19-23-9-8-22(18-31-13-12-29-4)28(23)26-16-20(2)6-10-24(26)25-11-7-21(3)17-27(25)28/h6-7,10-11,16-17,22-23H,5,8-9,12-15,18-19H2,1-4H3. The van der Waals surface area contributed by atoms with Crippen LogP contribution in [0.4, 0.5) is 0 Å². The number of hydrogen-bond acceptors (Lipinski definition) is 4. The van der Waals surface area contributed by atoms with Gasteiger partial charge in [-0.05, 0) is 67.7 Å². The van der Waals surface area contributed by atoms with Crippen molar-refractivity contribution in [2.75, 3.05) is 53.4 Å². The predicted octanol–water partition coefficient (Wildman–Crippen LogP) is 5.31. The number of methoxy groups -OCH3 is 1. The first kappa shape index (κ1) is 23.4. The maximum absolute atomic E-state index is 6.20. The minimum absolute atomic E-state index is 0.0681. The Labute approximate surface area is 193 Å². The first-order valence-electron chi connectivity index (χ1n) is 12.1. The quantitative estimate of drug-likeness (QED) is 0.446. The summed E-state index contributed by atoms with van der Waals surface area (Å²) in [6.45, 7) is 11.2. The molecule has 0 aliphatic heterocycles. The van der Waals surface area contributed by atoms with E-state index in [1.54, 1.807) is 7.11 Å². The second kappa shape index (κ2) is 10.5. The van der Waals surface area contributed by atoms with Gasteiger partial charge in [-0.15, -0.1) is 0 Å². The van der Waals surface area contributed by atoms with E-state index < -0.39 is 0 Å². The molecule has 1 fully saturated rings. The Balaban J connectivity index is 1.73. The molecule has 1 saturated carbocycles. The van der Waals surface area contributed by atoms with E-state index in [-0.39, 0.29) is 5.41 Å². The Morgan fingerprint density at radius 2 is 1.25 bits per heavy atom. The third-order valence-corrected chi connectivity index (χ3v) is 7.33. The predicted molar refractivity (Wildman–Crippen MR) is 128 cm³/mol. The Kier molecular flexibility index (Phi) is 7.67. The number of aryl methyl sites for hydroxylation is 2. The lowest BCUT2D eigenvalue weighted by atomic mass is 9.65. The first-order chi connectivity index (χ1) is 15.6. The first-order valence-corrected chi connectivity index (χ1v) is 12.1. The molecular weight excluding hydrogens is 400 g/mol. The molecule has 0 radical (unpaired) electrons.